The molecule has 4 heteroatoms. The Morgan fingerprint density at radius 3 is 2.06 bits per heavy atom. The van der Waals surface area contributed by atoms with Gasteiger partial charge in [-0.25, -0.2) is 0 Å². The maximum Gasteiger partial charge on any atom is 0.0880 e. The highest BCUT2D eigenvalue weighted by molar-refractivity contribution is 7.99. The lowest BCUT2D eigenvalue weighted by Gasteiger charge is -2.22. The zero-order valence-corrected chi connectivity index (χ0v) is 30.6. The van der Waals surface area contributed by atoms with E-state index in [4.69, 9.17) is 4.98 Å². The SMILES string of the molecule is CC(C)(C)c1cc(Sc2cccc(-c3cc(C(C)(C)C)cc4c3[nH]c3ccc(C(C)(C)C)cc34)c2)cc(-c2nccc3ccsc23)c1. The van der Waals surface area contributed by atoms with E-state index >= 15 is 0 Å². The van der Waals surface area contributed by atoms with Crippen molar-refractivity contribution in [1.29, 1.82) is 0 Å². The molecule has 0 radical (unpaired) electrons. The first-order chi connectivity index (χ1) is 22.1. The number of hydrogen-bond acceptors (Lipinski definition) is 3. The summed E-state index contributed by atoms with van der Waals surface area (Å²) in [4.78, 5) is 11.1. The summed E-state index contributed by atoms with van der Waals surface area (Å²) in [7, 11) is 0. The van der Waals surface area contributed by atoms with Gasteiger partial charge in [-0.1, -0.05) is 92.3 Å². The summed E-state index contributed by atoms with van der Waals surface area (Å²) < 4.78 is 1.24. The van der Waals surface area contributed by atoms with E-state index in [1.165, 1.54) is 75.1 Å². The molecule has 0 aliphatic rings. The van der Waals surface area contributed by atoms with E-state index in [1.54, 1.807) is 11.3 Å². The van der Waals surface area contributed by atoms with Crippen LogP contribution in [0.3, 0.4) is 0 Å². The topological polar surface area (TPSA) is 28.7 Å². The van der Waals surface area contributed by atoms with Crippen molar-refractivity contribution in [3.63, 3.8) is 0 Å². The molecule has 3 aromatic heterocycles. The molecule has 0 spiro atoms. The van der Waals surface area contributed by atoms with Crippen molar-refractivity contribution < 1.29 is 0 Å². The molecule has 1 N–H and O–H groups in total. The standard InChI is InChI=1S/C43H44N2S2/c1-41(2,3)29-13-14-37-35(23-29)36-25-31(43(7,8)9)24-34(39(36)45-37)27-11-10-12-32(20-27)47-33-21-28(19-30(22-33)42(4,5)6)38-40-26(15-17-44-38)16-18-46-40/h10-25,45H,1-9H3. The Hall–Kier alpha value is -3.86. The predicted octanol–water partition coefficient (Wildman–Crippen LogP) is 13.3. The second kappa shape index (κ2) is 11.4. The summed E-state index contributed by atoms with van der Waals surface area (Å²) in [5.74, 6) is 0. The van der Waals surface area contributed by atoms with E-state index in [1.807, 2.05) is 18.0 Å². The third-order valence-electron chi connectivity index (χ3n) is 9.24. The first kappa shape index (κ1) is 31.7. The lowest BCUT2D eigenvalue weighted by Crippen LogP contribution is -2.11. The van der Waals surface area contributed by atoms with Gasteiger partial charge in [-0.05, 0) is 116 Å². The molecule has 3 heterocycles. The van der Waals surface area contributed by atoms with Crippen LogP contribution in [0.5, 0.6) is 0 Å². The van der Waals surface area contributed by atoms with Crippen molar-refractivity contribution in [2.24, 2.45) is 0 Å². The highest BCUT2D eigenvalue weighted by Crippen LogP contribution is 2.42. The van der Waals surface area contributed by atoms with Gasteiger partial charge in [0.2, 0.25) is 0 Å². The number of aromatic nitrogens is 2. The number of benzene rings is 4. The minimum atomic E-state index is 0.0119. The Kier molecular flexibility index (Phi) is 7.69. The van der Waals surface area contributed by atoms with Crippen molar-refractivity contribution in [2.45, 2.75) is 88.3 Å². The van der Waals surface area contributed by atoms with E-state index in [9.17, 15) is 0 Å². The molecule has 2 nitrogen and oxygen atoms in total. The summed E-state index contributed by atoms with van der Waals surface area (Å²) in [6.45, 7) is 20.7. The van der Waals surface area contributed by atoms with E-state index in [-0.39, 0.29) is 16.2 Å². The third kappa shape index (κ3) is 6.14. The van der Waals surface area contributed by atoms with E-state index in [0.29, 0.717) is 0 Å². The van der Waals surface area contributed by atoms with Gasteiger partial charge in [0, 0.05) is 43.4 Å². The molecule has 0 fully saturated rings. The van der Waals surface area contributed by atoms with E-state index < -0.39 is 0 Å². The highest BCUT2D eigenvalue weighted by Gasteiger charge is 2.22. The van der Waals surface area contributed by atoms with Gasteiger partial charge in [0.1, 0.15) is 0 Å². The van der Waals surface area contributed by atoms with E-state index in [2.05, 4.69) is 158 Å². The Labute approximate surface area is 287 Å². The first-order valence-electron chi connectivity index (χ1n) is 16.5. The monoisotopic (exact) mass is 652 g/mol. The minimum absolute atomic E-state index is 0.0119. The Bertz CT molecular complexity index is 2280. The largest absolute Gasteiger partial charge is 0.354 e. The van der Waals surface area contributed by atoms with Gasteiger partial charge < -0.3 is 4.98 Å². The third-order valence-corrected chi connectivity index (χ3v) is 11.1. The van der Waals surface area contributed by atoms with Crippen LogP contribution in [0, 0.1) is 0 Å². The predicted molar refractivity (Wildman–Crippen MR) is 207 cm³/mol. The van der Waals surface area contributed by atoms with Gasteiger partial charge in [-0.2, -0.15) is 0 Å². The zero-order chi connectivity index (χ0) is 33.3. The van der Waals surface area contributed by atoms with Gasteiger partial charge in [-0.3, -0.25) is 4.98 Å². The number of thiophene rings is 1. The van der Waals surface area contributed by atoms with Crippen LogP contribution in [-0.2, 0) is 16.2 Å². The van der Waals surface area contributed by atoms with E-state index in [0.717, 1.165) is 5.69 Å². The van der Waals surface area contributed by atoms with Crippen LogP contribution in [0.2, 0.25) is 0 Å². The first-order valence-corrected chi connectivity index (χ1v) is 18.2. The summed E-state index contributed by atoms with van der Waals surface area (Å²) in [6.07, 6.45) is 1.94. The van der Waals surface area contributed by atoms with Crippen molar-refractivity contribution in [3.05, 3.63) is 113 Å². The molecule has 0 unspecified atom stereocenters. The molecule has 7 rings (SSSR count). The minimum Gasteiger partial charge on any atom is -0.354 e. The Morgan fingerprint density at radius 2 is 1.32 bits per heavy atom. The van der Waals surface area contributed by atoms with Gasteiger partial charge in [0.05, 0.1) is 15.9 Å². The average molecular weight is 653 g/mol. The van der Waals surface area contributed by atoms with Crippen molar-refractivity contribution in [2.75, 3.05) is 0 Å². The smallest absolute Gasteiger partial charge is 0.0880 e. The molecule has 0 aliphatic heterocycles. The number of aromatic amines is 1. The number of fused-ring (bicyclic) bond motifs is 4. The Balaban J connectivity index is 1.35. The fourth-order valence-electron chi connectivity index (χ4n) is 6.32. The molecule has 0 saturated carbocycles. The normalized spacial score (nSPS) is 12.9. The lowest BCUT2D eigenvalue weighted by atomic mass is 9.83. The molecule has 47 heavy (non-hydrogen) atoms. The molecular weight excluding hydrogens is 609 g/mol. The van der Waals surface area contributed by atoms with Crippen molar-refractivity contribution in [1.82, 2.24) is 9.97 Å². The lowest BCUT2D eigenvalue weighted by molar-refractivity contribution is 0.589. The fraction of sp³-hybridized carbons (Fsp3) is 0.279. The summed E-state index contributed by atoms with van der Waals surface area (Å²) in [5.41, 5.74) is 11.2. The molecular formula is C43H44N2S2. The maximum atomic E-state index is 4.87. The van der Waals surface area contributed by atoms with Crippen LogP contribution >= 0.6 is 23.1 Å². The van der Waals surface area contributed by atoms with Gasteiger partial charge in [0.25, 0.3) is 0 Å². The van der Waals surface area contributed by atoms with Crippen LogP contribution in [0.15, 0.2) is 106 Å². The van der Waals surface area contributed by atoms with Gasteiger partial charge in [-0.15, -0.1) is 11.3 Å². The van der Waals surface area contributed by atoms with Gasteiger partial charge in [0.15, 0.2) is 0 Å². The second-order valence-corrected chi connectivity index (χ2v) is 18.0. The van der Waals surface area contributed by atoms with Gasteiger partial charge >= 0.3 is 0 Å². The molecule has 0 atom stereocenters. The zero-order valence-electron chi connectivity index (χ0n) is 29.0. The van der Waals surface area contributed by atoms with Crippen LogP contribution in [-0.4, -0.2) is 9.97 Å². The summed E-state index contributed by atoms with van der Waals surface area (Å²) in [6, 6.07) is 32.1. The molecule has 238 valence electrons. The quantitative estimate of drug-likeness (QED) is 0.205. The molecule has 7 aromatic rings. The van der Waals surface area contributed by atoms with Crippen LogP contribution in [0.25, 0.3) is 54.3 Å². The summed E-state index contributed by atoms with van der Waals surface area (Å²) >= 11 is 3.60. The molecule has 0 saturated heterocycles. The van der Waals surface area contributed by atoms with Crippen molar-refractivity contribution >= 4 is 55.0 Å². The highest BCUT2D eigenvalue weighted by atomic mass is 32.2. The van der Waals surface area contributed by atoms with Crippen LogP contribution < -0.4 is 0 Å². The number of nitrogens with one attached hydrogen (secondary N) is 1. The average Bonchev–Trinajstić information content (AvgIpc) is 3.64. The second-order valence-electron chi connectivity index (χ2n) is 16.0. The number of rotatable bonds is 4. The van der Waals surface area contributed by atoms with Crippen molar-refractivity contribution in [3.8, 4) is 22.4 Å². The number of hydrogen-bond donors (Lipinski definition) is 1. The fourth-order valence-corrected chi connectivity index (χ4v) is 8.20. The van der Waals surface area contributed by atoms with Crippen LogP contribution in [0.1, 0.15) is 79.0 Å². The molecule has 0 aliphatic carbocycles. The maximum absolute atomic E-state index is 4.87. The number of nitrogens with zero attached hydrogens (tertiary/aromatic N) is 1. The molecule has 4 aromatic carbocycles. The molecule has 0 amide bonds. The Morgan fingerprint density at radius 1 is 0.617 bits per heavy atom. The number of pyridine rings is 1. The van der Waals surface area contributed by atoms with Crippen LogP contribution in [0.4, 0.5) is 0 Å². The molecule has 0 bridgehead atoms. The summed E-state index contributed by atoms with van der Waals surface area (Å²) in [5, 5.41) is 6.00. The number of H-pyrrole nitrogens is 1.